The Labute approximate surface area is 213 Å². The molecule has 0 spiro atoms. The van der Waals surface area contributed by atoms with E-state index < -0.39 is 5.97 Å². The van der Waals surface area contributed by atoms with Crippen LogP contribution in [0.5, 0.6) is 5.75 Å². The molecular weight excluding hydrogens is 450 g/mol. The van der Waals surface area contributed by atoms with Gasteiger partial charge in [0.05, 0.1) is 6.42 Å². The monoisotopic (exact) mass is 485 g/mol. The molecule has 36 heavy (non-hydrogen) atoms. The second kappa shape index (κ2) is 11.4. The summed E-state index contributed by atoms with van der Waals surface area (Å²) >= 11 is 0. The lowest BCUT2D eigenvalue weighted by atomic mass is 9.91. The lowest BCUT2D eigenvalue weighted by molar-refractivity contribution is -0.137. The van der Waals surface area contributed by atoms with Gasteiger partial charge in [0.25, 0.3) is 5.91 Å². The van der Waals surface area contributed by atoms with E-state index in [9.17, 15) is 14.7 Å². The van der Waals surface area contributed by atoms with Crippen LogP contribution < -0.4 is 4.74 Å². The number of carbonyl (C=O) groups excluding carboxylic acids is 1. The Morgan fingerprint density at radius 3 is 2.36 bits per heavy atom. The van der Waals surface area contributed by atoms with Crippen molar-refractivity contribution in [3.8, 4) is 5.75 Å². The average Bonchev–Trinajstić information content (AvgIpc) is 3.21. The highest BCUT2D eigenvalue weighted by Crippen LogP contribution is 2.37. The number of nitrogens with zero attached hydrogens (tertiary/aromatic N) is 1. The molecule has 5 heteroatoms. The Morgan fingerprint density at radius 2 is 1.67 bits per heavy atom. The Bertz CT molecular complexity index is 1190. The predicted molar refractivity (Wildman–Crippen MR) is 142 cm³/mol. The molecule has 0 aliphatic carbocycles. The highest BCUT2D eigenvalue weighted by Gasteiger charge is 2.35. The SMILES string of the molecule is CCc1ccc(C[C@@]2(C)Cc3cc(C(=O)N(CCCc4ccccc4)CCC(=O)O)ccc3O2)cc1. The van der Waals surface area contributed by atoms with Crippen LogP contribution in [0.25, 0.3) is 0 Å². The van der Waals surface area contributed by atoms with Crippen LogP contribution in [0.3, 0.4) is 0 Å². The van der Waals surface area contributed by atoms with Gasteiger partial charge in [-0.3, -0.25) is 9.59 Å². The second-order valence-corrected chi connectivity index (χ2v) is 9.92. The van der Waals surface area contributed by atoms with Crippen molar-refractivity contribution in [2.24, 2.45) is 0 Å². The number of amides is 1. The molecular formula is C31H35NO4. The Balaban J connectivity index is 1.43. The topological polar surface area (TPSA) is 66.8 Å². The van der Waals surface area contributed by atoms with Crippen molar-refractivity contribution < 1.29 is 19.4 Å². The van der Waals surface area contributed by atoms with Gasteiger partial charge in [-0.25, -0.2) is 0 Å². The van der Waals surface area contributed by atoms with Gasteiger partial charge in [0.2, 0.25) is 0 Å². The number of aryl methyl sites for hydroxylation is 2. The zero-order chi connectivity index (χ0) is 25.5. The van der Waals surface area contributed by atoms with Crippen molar-refractivity contribution in [1.29, 1.82) is 0 Å². The summed E-state index contributed by atoms with van der Waals surface area (Å²) in [5.74, 6) is -0.211. The molecule has 4 rings (SSSR count). The average molecular weight is 486 g/mol. The van der Waals surface area contributed by atoms with Crippen molar-refractivity contribution in [2.45, 2.75) is 58.0 Å². The first-order chi connectivity index (χ1) is 17.3. The minimum absolute atomic E-state index is 0.0694. The van der Waals surface area contributed by atoms with Crippen molar-refractivity contribution in [3.63, 3.8) is 0 Å². The third kappa shape index (κ3) is 6.54. The van der Waals surface area contributed by atoms with Gasteiger partial charge in [0.15, 0.2) is 0 Å². The van der Waals surface area contributed by atoms with Crippen LogP contribution in [0.15, 0.2) is 72.8 Å². The minimum atomic E-state index is -0.902. The van der Waals surface area contributed by atoms with Crippen LogP contribution in [0, 0.1) is 0 Å². The first-order valence-corrected chi connectivity index (χ1v) is 12.8. The number of fused-ring (bicyclic) bond motifs is 1. The van der Waals surface area contributed by atoms with Crippen LogP contribution in [-0.4, -0.2) is 40.6 Å². The van der Waals surface area contributed by atoms with E-state index in [4.69, 9.17) is 4.74 Å². The Kier molecular flexibility index (Phi) is 8.09. The summed E-state index contributed by atoms with van der Waals surface area (Å²) in [4.78, 5) is 26.3. The third-order valence-corrected chi connectivity index (χ3v) is 6.86. The minimum Gasteiger partial charge on any atom is -0.487 e. The highest BCUT2D eigenvalue weighted by molar-refractivity contribution is 5.95. The summed E-state index contributed by atoms with van der Waals surface area (Å²) < 4.78 is 6.34. The quantitative estimate of drug-likeness (QED) is 0.376. The summed E-state index contributed by atoms with van der Waals surface area (Å²) in [5, 5.41) is 9.20. The van der Waals surface area contributed by atoms with E-state index in [0.717, 1.165) is 43.4 Å². The number of hydrogen-bond acceptors (Lipinski definition) is 3. The van der Waals surface area contributed by atoms with Crippen LogP contribution >= 0.6 is 0 Å². The molecule has 1 N–H and O–H groups in total. The zero-order valence-corrected chi connectivity index (χ0v) is 21.2. The van der Waals surface area contributed by atoms with Gasteiger partial charge in [-0.15, -0.1) is 0 Å². The molecule has 3 aromatic carbocycles. The van der Waals surface area contributed by atoms with Crippen LogP contribution in [0.4, 0.5) is 0 Å². The van der Waals surface area contributed by atoms with E-state index in [1.807, 2.05) is 30.3 Å². The lowest BCUT2D eigenvalue weighted by Crippen LogP contribution is -2.34. The van der Waals surface area contributed by atoms with E-state index in [1.165, 1.54) is 16.7 Å². The second-order valence-electron chi connectivity index (χ2n) is 9.92. The fourth-order valence-corrected chi connectivity index (χ4v) is 4.92. The normalized spacial score (nSPS) is 16.3. The van der Waals surface area contributed by atoms with Gasteiger partial charge in [0.1, 0.15) is 11.4 Å². The van der Waals surface area contributed by atoms with E-state index in [1.54, 1.807) is 11.0 Å². The van der Waals surface area contributed by atoms with Crippen LogP contribution in [0.2, 0.25) is 0 Å². The molecule has 188 valence electrons. The van der Waals surface area contributed by atoms with E-state index in [2.05, 4.69) is 50.2 Å². The largest absolute Gasteiger partial charge is 0.487 e. The molecule has 0 fully saturated rings. The van der Waals surface area contributed by atoms with Gasteiger partial charge in [-0.2, -0.15) is 0 Å². The number of carboxylic acid groups (broad SMARTS) is 1. The molecule has 1 aliphatic rings. The van der Waals surface area contributed by atoms with Gasteiger partial charge >= 0.3 is 5.97 Å². The van der Waals surface area contributed by atoms with Crippen molar-refractivity contribution in [2.75, 3.05) is 13.1 Å². The van der Waals surface area contributed by atoms with Gasteiger partial charge in [-0.1, -0.05) is 61.5 Å². The van der Waals surface area contributed by atoms with Gasteiger partial charge in [-0.05, 0) is 66.6 Å². The van der Waals surface area contributed by atoms with Gasteiger partial charge < -0.3 is 14.7 Å². The summed E-state index contributed by atoms with van der Waals surface area (Å²) in [6.45, 7) is 4.98. The maximum Gasteiger partial charge on any atom is 0.305 e. The molecule has 0 bridgehead atoms. The van der Waals surface area contributed by atoms with Crippen LogP contribution in [0.1, 0.15) is 59.3 Å². The number of aliphatic carboxylic acids is 1. The van der Waals surface area contributed by atoms with E-state index >= 15 is 0 Å². The van der Waals surface area contributed by atoms with E-state index in [0.29, 0.717) is 12.1 Å². The number of carbonyl (C=O) groups is 2. The molecule has 0 aromatic heterocycles. The number of benzene rings is 3. The fourth-order valence-electron chi connectivity index (χ4n) is 4.92. The van der Waals surface area contributed by atoms with Crippen LogP contribution in [-0.2, 0) is 30.5 Å². The molecule has 1 heterocycles. The zero-order valence-electron chi connectivity index (χ0n) is 21.2. The summed E-state index contributed by atoms with van der Waals surface area (Å²) in [6.07, 6.45) is 4.08. The first kappa shape index (κ1) is 25.5. The molecule has 1 aliphatic heterocycles. The molecule has 0 unspecified atom stereocenters. The molecule has 1 atom stereocenters. The maximum atomic E-state index is 13.4. The summed E-state index contributed by atoms with van der Waals surface area (Å²) in [6, 6.07) is 24.4. The van der Waals surface area contributed by atoms with Crippen molar-refractivity contribution >= 4 is 11.9 Å². The Morgan fingerprint density at radius 1 is 0.944 bits per heavy atom. The van der Waals surface area contributed by atoms with Crippen molar-refractivity contribution in [1.82, 2.24) is 4.90 Å². The molecule has 0 saturated heterocycles. The number of carboxylic acids is 1. The third-order valence-electron chi connectivity index (χ3n) is 6.86. The predicted octanol–water partition coefficient (Wildman–Crippen LogP) is 5.74. The maximum absolute atomic E-state index is 13.4. The Hall–Kier alpha value is -3.60. The summed E-state index contributed by atoms with van der Waals surface area (Å²) in [7, 11) is 0. The summed E-state index contributed by atoms with van der Waals surface area (Å²) in [5.41, 5.74) is 5.00. The number of ether oxygens (including phenoxy) is 1. The molecule has 0 saturated carbocycles. The van der Waals surface area contributed by atoms with Gasteiger partial charge in [0, 0.05) is 31.5 Å². The first-order valence-electron chi connectivity index (χ1n) is 12.8. The molecule has 3 aromatic rings. The number of rotatable bonds is 11. The van der Waals surface area contributed by atoms with Crippen molar-refractivity contribution in [3.05, 3.63) is 101 Å². The smallest absolute Gasteiger partial charge is 0.305 e. The molecule has 0 radical (unpaired) electrons. The van der Waals surface area contributed by atoms with E-state index in [-0.39, 0.29) is 24.5 Å². The molecule has 5 nitrogen and oxygen atoms in total. The highest BCUT2D eigenvalue weighted by atomic mass is 16.5. The number of hydrogen-bond donors (Lipinski definition) is 1. The standard InChI is InChI=1S/C31H35NO4/c1-3-23-11-13-25(14-12-23)21-31(2)22-27-20-26(15-16-28(27)36-31)30(35)32(19-17-29(33)34)18-7-10-24-8-5-4-6-9-24/h4-6,8-9,11-16,20H,3,7,10,17-19,21-22H2,1-2H3,(H,33,34)/t31-/m0/s1. The molecule has 1 amide bonds. The fraction of sp³-hybridized carbons (Fsp3) is 0.355. The lowest BCUT2D eigenvalue weighted by Gasteiger charge is -2.24.